The number of hydrogen-bond acceptors (Lipinski definition) is 4. The van der Waals surface area contributed by atoms with E-state index in [9.17, 15) is 9.90 Å². The summed E-state index contributed by atoms with van der Waals surface area (Å²) in [5.41, 5.74) is 7.05. The molecule has 5 rings (SSSR count). The van der Waals surface area contributed by atoms with Crippen LogP contribution in [0.3, 0.4) is 0 Å². The largest absolute Gasteiger partial charge is 0.511 e. The van der Waals surface area contributed by atoms with Crippen LogP contribution in [0.5, 0.6) is 0 Å². The van der Waals surface area contributed by atoms with Gasteiger partial charge in [0, 0.05) is 41.9 Å². The van der Waals surface area contributed by atoms with Crippen molar-refractivity contribution in [2.45, 2.75) is 120 Å². The second-order valence-corrected chi connectivity index (χ2v) is 21.4. The molecule has 0 saturated heterocycles. The normalized spacial score (nSPS) is 15.1. The van der Waals surface area contributed by atoms with E-state index in [4.69, 9.17) is 9.97 Å². The molecule has 0 bridgehead atoms. The molecular weight excluding hydrogens is 773 g/mol. The first-order valence-corrected chi connectivity index (χ1v) is 20.5. The Hall–Kier alpha value is -2.66. The number of allylic oxidation sites excluding steroid dienone is 2. The van der Waals surface area contributed by atoms with Crippen molar-refractivity contribution in [3.8, 4) is 11.3 Å². The monoisotopic (exact) mass is 828 g/mol. The molecule has 1 heterocycles. The van der Waals surface area contributed by atoms with Gasteiger partial charge in [0.2, 0.25) is 0 Å². The summed E-state index contributed by atoms with van der Waals surface area (Å²) in [5, 5.41) is 15.1. The Kier molecular flexibility index (Phi) is 12.2. The summed E-state index contributed by atoms with van der Waals surface area (Å²) in [5.74, 6) is 0.897. The van der Waals surface area contributed by atoms with Crippen molar-refractivity contribution in [2.24, 2.45) is 10.8 Å². The minimum absolute atomic E-state index is 0. The standard InChI is InChI=1S/C29H33N2Si.C12H22O2.Ir/c1-19-17-24-15-16-25-27(23-13-11-22(12-14-23)21-9-7-6-8-10-21)30-18-31-28(25)26(24)20(2)29(19)32(3,4)5;1-8(9(13)11(2,3)4)10(14)12(5,6)7;/h11-13,15-18,21H,6-10H2,1-5H3;13H,1-7H3;/q-1;;/b;9-8-;. The number of benzene rings is 3. The molecule has 1 aliphatic rings. The molecule has 4 aromatic rings. The average molecular weight is 828 g/mol. The van der Waals surface area contributed by atoms with Crippen molar-refractivity contribution >= 4 is 40.7 Å². The van der Waals surface area contributed by atoms with Crippen molar-refractivity contribution in [1.82, 2.24) is 9.97 Å². The Morgan fingerprint density at radius 3 is 2.09 bits per heavy atom. The summed E-state index contributed by atoms with van der Waals surface area (Å²) in [6, 6.07) is 17.1. The number of carbonyl (C=O) groups excluding carboxylic acids is 1. The molecule has 1 fully saturated rings. The molecule has 4 nitrogen and oxygen atoms in total. The van der Waals surface area contributed by atoms with Crippen LogP contribution in [-0.2, 0) is 24.9 Å². The van der Waals surface area contributed by atoms with Crippen LogP contribution < -0.4 is 5.19 Å². The predicted octanol–water partition coefficient (Wildman–Crippen LogP) is 10.9. The van der Waals surface area contributed by atoms with Crippen molar-refractivity contribution in [1.29, 1.82) is 0 Å². The van der Waals surface area contributed by atoms with E-state index in [1.165, 1.54) is 59.6 Å². The Morgan fingerprint density at radius 2 is 1.55 bits per heavy atom. The van der Waals surface area contributed by atoms with E-state index in [0.29, 0.717) is 11.5 Å². The molecule has 1 N–H and O–H groups in total. The van der Waals surface area contributed by atoms with Gasteiger partial charge in [-0.15, -0.1) is 35.4 Å². The van der Waals surface area contributed by atoms with E-state index in [1.54, 1.807) is 18.4 Å². The molecular formula is C41H55IrN2O2Si-. The fourth-order valence-corrected chi connectivity index (χ4v) is 9.77. The van der Waals surface area contributed by atoms with Gasteiger partial charge >= 0.3 is 0 Å². The first kappa shape index (κ1) is 38.8. The second-order valence-electron chi connectivity index (χ2n) is 16.4. The van der Waals surface area contributed by atoms with Gasteiger partial charge in [-0.2, -0.15) is 0 Å². The molecule has 0 amide bonds. The van der Waals surface area contributed by atoms with E-state index >= 15 is 0 Å². The van der Waals surface area contributed by atoms with Gasteiger partial charge in [-0.25, -0.2) is 4.98 Å². The molecule has 0 aliphatic heterocycles. The topological polar surface area (TPSA) is 63.1 Å². The molecule has 0 spiro atoms. The number of Topliss-reactive ketones (excluding diaryl/α,β-unsaturated/α-hetero) is 1. The van der Waals surface area contributed by atoms with Crippen LogP contribution in [0.2, 0.25) is 19.6 Å². The number of hydrogen-bond donors (Lipinski definition) is 1. The van der Waals surface area contributed by atoms with Gasteiger partial charge in [0.05, 0.1) is 13.6 Å². The zero-order valence-corrected chi connectivity index (χ0v) is 34.1. The maximum Gasteiger partial charge on any atom is 0.167 e. The van der Waals surface area contributed by atoms with Crippen LogP contribution in [-0.4, -0.2) is 28.9 Å². The molecule has 47 heavy (non-hydrogen) atoms. The summed E-state index contributed by atoms with van der Waals surface area (Å²) < 4.78 is 0. The van der Waals surface area contributed by atoms with E-state index in [1.807, 2.05) is 41.5 Å². The van der Waals surface area contributed by atoms with Gasteiger partial charge in [0.25, 0.3) is 0 Å². The van der Waals surface area contributed by atoms with E-state index < -0.39 is 13.5 Å². The third kappa shape index (κ3) is 8.68. The minimum Gasteiger partial charge on any atom is -0.511 e. The first-order chi connectivity index (χ1) is 21.3. The van der Waals surface area contributed by atoms with Crippen LogP contribution in [0.25, 0.3) is 32.9 Å². The number of aromatic nitrogens is 2. The molecule has 0 atom stereocenters. The third-order valence-corrected chi connectivity index (χ3v) is 11.6. The maximum atomic E-state index is 11.8. The quantitative estimate of drug-likeness (QED) is 0.0732. The van der Waals surface area contributed by atoms with Gasteiger partial charge < -0.3 is 5.11 Å². The smallest absolute Gasteiger partial charge is 0.167 e. The summed E-state index contributed by atoms with van der Waals surface area (Å²) in [6.07, 6.45) is 8.45. The molecule has 1 aliphatic carbocycles. The van der Waals surface area contributed by atoms with Crippen LogP contribution >= 0.6 is 0 Å². The molecule has 1 aromatic heterocycles. The average Bonchev–Trinajstić information content (AvgIpc) is 2.98. The number of aliphatic hydroxyl groups is 1. The number of nitrogens with zero attached hydrogens (tertiary/aromatic N) is 2. The Bertz CT molecular complexity index is 1770. The van der Waals surface area contributed by atoms with E-state index in [0.717, 1.165) is 22.2 Å². The van der Waals surface area contributed by atoms with Gasteiger partial charge in [0.15, 0.2) is 5.78 Å². The molecule has 1 saturated carbocycles. The SMILES string of the molecule is C/C(C(=O)C(C)(C)C)=C(/O)C(C)(C)C.Cc1cc2ccc3c(-c4[c-]cc(C5CCCCC5)cc4)ncnc3c2c(C)c1[Si](C)(C)C.[Ir]. The van der Waals surface area contributed by atoms with Crippen LogP contribution in [0, 0.1) is 30.7 Å². The second kappa shape index (κ2) is 14.8. The molecule has 255 valence electrons. The molecule has 1 radical (unpaired) electrons. The van der Waals surface area contributed by atoms with Crippen molar-refractivity contribution in [3.05, 3.63) is 76.8 Å². The first-order valence-electron chi connectivity index (χ1n) is 17.0. The fourth-order valence-electron chi connectivity index (χ4n) is 7.26. The van der Waals surface area contributed by atoms with Crippen LogP contribution in [0.4, 0.5) is 0 Å². The zero-order valence-electron chi connectivity index (χ0n) is 30.7. The summed E-state index contributed by atoms with van der Waals surface area (Å²) >= 11 is 0. The number of carbonyl (C=O) groups is 1. The predicted molar refractivity (Wildman–Crippen MR) is 199 cm³/mol. The van der Waals surface area contributed by atoms with E-state index in [-0.39, 0.29) is 37.1 Å². The fraction of sp³-hybridized carbons (Fsp3) is 0.488. The summed E-state index contributed by atoms with van der Waals surface area (Å²) in [6.45, 7) is 24.8. The van der Waals surface area contributed by atoms with Crippen molar-refractivity contribution in [2.75, 3.05) is 0 Å². The van der Waals surface area contributed by atoms with Gasteiger partial charge in [-0.3, -0.25) is 9.78 Å². The Labute approximate surface area is 298 Å². The number of aryl methyl sites for hydroxylation is 2. The van der Waals surface area contributed by atoms with Gasteiger partial charge in [0.1, 0.15) is 12.1 Å². The van der Waals surface area contributed by atoms with Crippen molar-refractivity contribution < 1.29 is 30.0 Å². The van der Waals surface area contributed by atoms with Gasteiger partial charge in [-0.05, 0) is 42.8 Å². The number of fused-ring (bicyclic) bond motifs is 3. The molecule has 3 aromatic carbocycles. The number of rotatable bonds is 4. The zero-order chi connectivity index (χ0) is 34.2. The van der Waals surface area contributed by atoms with Crippen molar-refractivity contribution in [3.63, 3.8) is 0 Å². The third-order valence-electron chi connectivity index (χ3n) is 9.36. The number of aliphatic hydroxyl groups excluding tert-OH is 1. The Balaban J connectivity index is 0.000000342. The summed E-state index contributed by atoms with van der Waals surface area (Å²) in [7, 11) is -1.48. The molecule has 0 unspecified atom stereocenters. The molecule has 6 heteroatoms. The van der Waals surface area contributed by atoms with Gasteiger partial charge in [-0.1, -0.05) is 128 Å². The summed E-state index contributed by atoms with van der Waals surface area (Å²) in [4.78, 5) is 21.3. The Morgan fingerprint density at radius 1 is 0.915 bits per heavy atom. The van der Waals surface area contributed by atoms with E-state index in [2.05, 4.69) is 76.0 Å². The minimum atomic E-state index is -1.48. The number of ketones is 1. The van der Waals surface area contributed by atoms with Crippen LogP contribution in [0.15, 0.2) is 54.1 Å². The maximum absolute atomic E-state index is 11.8. The van der Waals surface area contributed by atoms with Crippen LogP contribution in [0.1, 0.15) is 103 Å².